The number of halogens is 2. The lowest BCUT2D eigenvalue weighted by atomic mass is 10.2. The van der Waals surface area contributed by atoms with E-state index in [0.29, 0.717) is 61.3 Å². The first-order valence-electron chi connectivity index (χ1n) is 10.9. The number of aldehydes is 1. The molecule has 0 saturated carbocycles. The number of anilines is 1. The molecule has 4 heterocycles. The van der Waals surface area contributed by atoms with E-state index in [-0.39, 0.29) is 5.02 Å². The second kappa shape index (κ2) is 9.40. The second-order valence-corrected chi connectivity index (χ2v) is 8.41. The Morgan fingerprint density at radius 3 is 2.76 bits per heavy atom. The van der Waals surface area contributed by atoms with Crippen molar-refractivity contribution in [2.45, 2.75) is 12.6 Å². The Labute approximate surface area is 200 Å². The summed E-state index contributed by atoms with van der Waals surface area (Å²) in [6.45, 7) is 2.64. The summed E-state index contributed by atoms with van der Waals surface area (Å²) in [7, 11) is 1.50. The van der Waals surface area contributed by atoms with Crippen molar-refractivity contribution in [1.82, 2.24) is 29.6 Å². The van der Waals surface area contributed by atoms with Crippen molar-refractivity contribution in [3.63, 3.8) is 0 Å². The number of rotatable bonds is 7. The molecule has 0 amide bonds. The molecule has 0 aliphatic carbocycles. The predicted molar refractivity (Wildman–Crippen MR) is 127 cm³/mol. The molecule has 176 valence electrons. The number of benzene rings is 1. The van der Waals surface area contributed by atoms with Gasteiger partial charge in [0.05, 0.1) is 35.8 Å². The summed E-state index contributed by atoms with van der Waals surface area (Å²) in [6, 6.07) is 6.27. The summed E-state index contributed by atoms with van der Waals surface area (Å²) in [5.74, 6) is 0.677. The van der Waals surface area contributed by atoms with Crippen LogP contribution in [0, 0.1) is 5.82 Å². The number of piperazine rings is 1. The number of carbonyl (C=O) groups is 1. The minimum atomic E-state index is -0.402. The Bertz CT molecular complexity index is 1300. The van der Waals surface area contributed by atoms with Crippen LogP contribution in [0.3, 0.4) is 0 Å². The molecule has 1 fully saturated rings. The van der Waals surface area contributed by atoms with Crippen LogP contribution in [-0.2, 0) is 11.3 Å². The zero-order chi connectivity index (χ0) is 23.7. The van der Waals surface area contributed by atoms with Gasteiger partial charge in [-0.25, -0.2) is 19.0 Å². The fourth-order valence-corrected chi connectivity index (χ4v) is 4.57. The lowest BCUT2D eigenvalue weighted by molar-refractivity contribution is -0.113. The van der Waals surface area contributed by atoms with Gasteiger partial charge in [0, 0.05) is 50.8 Å². The van der Waals surface area contributed by atoms with Crippen molar-refractivity contribution in [1.29, 1.82) is 0 Å². The van der Waals surface area contributed by atoms with Crippen LogP contribution in [0.5, 0.6) is 5.75 Å². The van der Waals surface area contributed by atoms with Crippen LogP contribution >= 0.6 is 11.6 Å². The number of nitrogens with one attached hydrogen (secondary N) is 1. The maximum absolute atomic E-state index is 14.6. The van der Waals surface area contributed by atoms with Crippen molar-refractivity contribution < 1.29 is 13.9 Å². The highest BCUT2D eigenvalue weighted by atomic mass is 35.5. The Morgan fingerprint density at radius 1 is 1.24 bits per heavy atom. The molecule has 1 unspecified atom stereocenters. The quantitative estimate of drug-likeness (QED) is 0.404. The molecule has 0 radical (unpaired) electrons. The van der Waals surface area contributed by atoms with Gasteiger partial charge in [0.15, 0.2) is 11.5 Å². The highest BCUT2D eigenvalue weighted by molar-refractivity contribution is 6.32. The number of methoxy groups -OCH3 is 1. The maximum atomic E-state index is 14.6. The van der Waals surface area contributed by atoms with E-state index in [1.165, 1.54) is 13.2 Å². The van der Waals surface area contributed by atoms with Crippen LogP contribution < -0.4 is 9.64 Å². The van der Waals surface area contributed by atoms with Crippen molar-refractivity contribution in [3.8, 4) is 17.3 Å². The van der Waals surface area contributed by atoms with Gasteiger partial charge >= 0.3 is 0 Å². The summed E-state index contributed by atoms with van der Waals surface area (Å²) < 4.78 is 21.5. The largest absolute Gasteiger partial charge is 0.495 e. The first kappa shape index (κ1) is 22.3. The molecule has 1 N–H and O–H groups in total. The Kier molecular flexibility index (Phi) is 6.16. The minimum Gasteiger partial charge on any atom is -0.495 e. The molecule has 34 heavy (non-hydrogen) atoms. The van der Waals surface area contributed by atoms with E-state index in [0.717, 1.165) is 11.7 Å². The molecular formula is C23H23ClFN7O2. The molecule has 1 aromatic carbocycles. The van der Waals surface area contributed by atoms with E-state index >= 15 is 0 Å². The number of fused-ring (bicyclic) bond motifs is 1. The summed E-state index contributed by atoms with van der Waals surface area (Å²) >= 11 is 6.03. The number of hydrogen-bond donors (Lipinski definition) is 1. The topological polar surface area (TPSA) is 92.2 Å². The van der Waals surface area contributed by atoms with Crippen molar-refractivity contribution in [3.05, 3.63) is 53.7 Å². The normalized spacial score (nSPS) is 15.6. The number of aromatic nitrogens is 5. The van der Waals surface area contributed by atoms with Gasteiger partial charge in [-0.2, -0.15) is 5.10 Å². The van der Waals surface area contributed by atoms with E-state index in [4.69, 9.17) is 21.4 Å². The number of nitrogens with zero attached hydrogens (tertiary/aromatic N) is 6. The van der Waals surface area contributed by atoms with E-state index in [1.807, 2.05) is 17.0 Å². The third kappa shape index (κ3) is 4.10. The summed E-state index contributed by atoms with van der Waals surface area (Å²) in [5.41, 5.74) is 1.82. The molecule has 0 bridgehead atoms. The lowest BCUT2D eigenvalue weighted by Gasteiger charge is -2.38. The summed E-state index contributed by atoms with van der Waals surface area (Å²) in [6.07, 6.45) is 6.05. The number of ether oxygens (including phenoxy) is 1. The summed E-state index contributed by atoms with van der Waals surface area (Å²) in [4.78, 5) is 28.0. The fraction of sp³-hybridized carbons (Fsp3) is 0.304. The van der Waals surface area contributed by atoms with E-state index in [1.54, 1.807) is 29.3 Å². The van der Waals surface area contributed by atoms with E-state index in [2.05, 4.69) is 19.9 Å². The summed E-state index contributed by atoms with van der Waals surface area (Å²) in [5, 5.41) is 5.80. The van der Waals surface area contributed by atoms with Gasteiger partial charge in [0.1, 0.15) is 23.5 Å². The molecule has 0 spiro atoms. The average Bonchev–Trinajstić information content (AvgIpc) is 3.51. The molecule has 11 heteroatoms. The molecule has 9 nitrogen and oxygen atoms in total. The number of imidazole rings is 1. The van der Waals surface area contributed by atoms with E-state index in [9.17, 15) is 9.18 Å². The maximum Gasteiger partial charge on any atom is 0.158 e. The Balaban J connectivity index is 1.33. The third-order valence-electron chi connectivity index (χ3n) is 6.09. The standard InChI is InChI=1S/C23H23ClFN7O2/c1-34-20-12-19(18(25)11-17(20)24)31-9-7-30(8-10-31)15(14-33)13-32-23-16(3-2-4-28-23)21(29-32)22-26-5-6-27-22/h2-6,11-12,14-15H,7-10,13H2,1H3,(H,26,27). The molecule has 5 rings (SSSR count). The fourth-order valence-electron chi connectivity index (χ4n) is 4.34. The zero-order valence-corrected chi connectivity index (χ0v) is 19.2. The molecule has 1 aliphatic rings. The smallest absolute Gasteiger partial charge is 0.158 e. The highest BCUT2D eigenvalue weighted by Crippen LogP contribution is 2.33. The number of aromatic amines is 1. The number of hydrogen-bond acceptors (Lipinski definition) is 7. The van der Waals surface area contributed by atoms with Gasteiger partial charge < -0.3 is 19.4 Å². The number of H-pyrrole nitrogens is 1. The second-order valence-electron chi connectivity index (χ2n) is 8.01. The molecule has 1 atom stereocenters. The molecule has 3 aromatic heterocycles. The minimum absolute atomic E-state index is 0.234. The highest BCUT2D eigenvalue weighted by Gasteiger charge is 2.27. The van der Waals surface area contributed by atoms with Gasteiger partial charge in [0.25, 0.3) is 0 Å². The first-order valence-corrected chi connectivity index (χ1v) is 11.3. The van der Waals surface area contributed by atoms with Gasteiger partial charge in [-0.1, -0.05) is 11.6 Å². The SMILES string of the molecule is COc1cc(N2CCN(C(C=O)Cn3nc(-c4ncc[nH]4)c4cccnc43)CC2)c(F)cc1Cl. The van der Waals surface area contributed by atoms with Crippen molar-refractivity contribution in [2.75, 3.05) is 38.2 Å². The lowest BCUT2D eigenvalue weighted by Crippen LogP contribution is -2.52. The average molecular weight is 484 g/mol. The Hall–Kier alpha value is -3.50. The van der Waals surface area contributed by atoms with E-state index < -0.39 is 11.9 Å². The molecule has 1 saturated heterocycles. The van der Waals surface area contributed by atoms with Crippen LogP contribution in [0.2, 0.25) is 5.02 Å². The zero-order valence-electron chi connectivity index (χ0n) is 18.5. The van der Waals surface area contributed by atoms with Crippen LogP contribution in [0.15, 0.2) is 42.9 Å². The van der Waals surface area contributed by atoms with Crippen LogP contribution in [-0.4, -0.2) is 75.2 Å². The van der Waals surface area contributed by atoms with Crippen molar-refractivity contribution >= 4 is 34.6 Å². The van der Waals surface area contributed by atoms with Gasteiger partial charge in [-0.15, -0.1) is 0 Å². The van der Waals surface area contributed by atoms with Gasteiger partial charge in [-0.05, 0) is 18.2 Å². The van der Waals surface area contributed by atoms with Crippen LogP contribution in [0.25, 0.3) is 22.6 Å². The van der Waals surface area contributed by atoms with Crippen LogP contribution in [0.4, 0.5) is 10.1 Å². The molecule has 4 aromatic rings. The third-order valence-corrected chi connectivity index (χ3v) is 6.39. The van der Waals surface area contributed by atoms with Gasteiger partial charge in [0.2, 0.25) is 0 Å². The predicted octanol–water partition coefficient (Wildman–Crippen LogP) is 3.01. The number of carbonyl (C=O) groups excluding carboxylic acids is 1. The Morgan fingerprint density at radius 2 is 2.06 bits per heavy atom. The van der Waals surface area contributed by atoms with Crippen molar-refractivity contribution in [2.24, 2.45) is 0 Å². The first-order chi connectivity index (χ1) is 16.6. The number of pyridine rings is 1. The molecular weight excluding hydrogens is 461 g/mol. The monoisotopic (exact) mass is 483 g/mol. The van der Waals surface area contributed by atoms with Crippen LogP contribution in [0.1, 0.15) is 0 Å². The van der Waals surface area contributed by atoms with Gasteiger partial charge in [-0.3, -0.25) is 4.90 Å². The molecule has 1 aliphatic heterocycles.